The minimum Gasteiger partial charge on any atom is -0.499 e. The van der Waals surface area contributed by atoms with Gasteiger partial charge < -0.3 is 5.11 Å². The molecule has 0 atom stereocenters. The van der Waals surface area contributed by atoms with Crippen LogP contribution in [0.4, 0.5) is 0 Å². The van der Waals surface area contributed by atoms with Gasteiger partial charge in [0.1, 0.15) is 0 Å². The van der Waals surface area contributed by atoms with Gasteiger partial charge in [0.05, 0.1) is 5.56 Å². The molecule has 1 aromatic heterocycles. The Balaban J connectivity index is 2.77. The molecule has 4 heteroatoms. The van der Waals surface area contributed by atoms with Crippen molar-refractivity contribution in [2.75, 3.05) is 6.26 Å². The summed E-state index contributed by atoms with van der Waals surface area (Å²) in [4.78, 5) is 11.8. The van der Waals surface area contributed by atoms with Gasteiger partial charge in [-0.1, -0.05) is 11.3 Å². The lowest BCUT2D eigenvalue weighted by Gasteiger charge is -1.95. The third-order valence-corrected chi connectivity index (χ3v) is 3.75. The molecule has 0 saturated heterocycles. The highest BCUT2D eigenvalue weighted by Crippen LogP contribution is 2.36. The summed E-state index contributed by atoms with van der Waals surface area (Å²) in [6, 6.07) is 5.84. The highest BCUT2D eigenvalue weighted by molar-refractivity contribution is 7.98. The Morgan fingerprint density at radius 2 is 2.29 bits per heavy atom. The fourth-order valence-electron chi connectivity index (χ4n) is 1.32. The summed E-state index contributed by atoms with van der Waals surface area (Å²) < 4.78 is 0.947. The maximum Gasteiger partial charge on any atom is 0.183 e. The van der Waals surface area contributed by atoms with Crippen molar-refractivity contribution < 1.29 is 9.90 Å². The highest BCUT2D eigenvalue weighted by Gasteiger charge is 2.10. The van der Waals surface area contributed by atoms with Crippen LogP contribution < -0.4 is 0 Å². The van der Waals surface area contributed by atoms with E-state index in [4.69, 9.17) is 0 Å². The first-order valence-corrected chi connectivity index (χ1v) is 6.05. The van der Waals surface area contributed by atoms with Crippen LogP contribution in [0.1, 0.15) is 10.4 Å². The van der Waals surface area contributed by atoms with E-state index < -0.39 is 0 Å². The molecule has 1 N–H and O–H groups in total. The average Bonchev–Trinajstić information content (AvgIpc) is 2.52. The van der Waals surface area contributed by atoms with Crippen molar-refractivity contribution in [1.29, 1.82) is 0 Å². The van der Waals surface area contributed by atoms with E-state index >= 15 is 0 Å². The number of rotatable bonds is 2. The fraction of sp³-hybridized carbons (Fsp3) is 0.100. The monoisotopic (exact) mass is 224 g/mol. The van der Waals surface area contributed by atoms with Gasteiger partial charge in [-0.2, -0.15) is 0 Å². The average molecular weight is 224 g/mol. The van der Waals surface area contributed by atoms with Crippen molar-refractivity contribution in [3.8, 4) is 5.06 Å². The predicted molar refractivity (Wildman–Crippen MR) is 60.7 cm³/mol. The Kier molecular flexibility index (Phi) is 2.48. The summed E-state index contributed by atoms with van der Waals surface area (Å²) in [6.07, 6.45) is 2.69. The zero-order chi connectivity index (χ0) is 10.1. The topological polar surface area (TPSA) is 37.3 Å². The van der Waals surface area contributed by atoms with Gasteiger partial charge in [0.2, 0.25) is 0 Å². The first kappa shape index (κ1) is 9.55. The molecule has 0 radical (unpaired) electrons. The van der Waals surface area contributed by atoms with E-state index in [1.165, 1.54) is 11.3 Å². The lowest BCUT2D eigenvalue weighted by molar-refractivity contribution is 0.112. The van der Waals surface area contributed by atoms with Gasteiger partial charge in [0, 0.05) is 15.0 Å². The van der Waals surface area contributed by atoms with E-state index in [1.54, 1.807) is 11.8 Å². The SMILES string of the molecule is CSc1ccc2sc(O)c(C=O)c2c1. The van der Waals surface area contributed by atoms with Gasteiger partial charge in [-0.3, -0.25) is 4.79 Å². The Morgan fingerprint density at radius 3 is 2.93 bits per heavy atom. The maximum absolute atomic E-state index is 10.7. The first-order valence-electron chi connectivity index (χ1n) is 4.01. The van der Waals surface area contributed by atoms with E-state index in [0.717, 1.165) is 15.0 Å². The van der Waals surface area contributed by atoms with E-state index in [2.05, 4.69) is 0 Å². The van der Waals surface area contributed by atoms with Crippen LogP contribution in [0, 0.1) is 0 Å². The number of thioether (sulfide) groups is 1. The molecular weight excluding hydrogens is 216 g/mol. The number of carbonyl (C=O) groups is 1. The number of benzene rings is 1. The second-order valence-electron chi connectivity index (χ2n) is 2.80. The summed E-state index contributed by atoms with van der Waals surface area (Å²) in [7, 11) is 0. The molecule has 0 unspecified atom stereocenters. The van der Waals surface area contributed by atoms with Crippen molar-refractivity contribution in [3.05, 3.63) is 23.8 Å². The van der Waals surface area contributed by atoms with Crippen molar-refractivity contribution in [3.63, 3.8) is 0 Å². The summed E-state index contributed by atoms with van der Waals surface area (Å²) in [5.74, 6) is 0. The van der Waals surface area contributed by atoms with E-state index in [9.17, 15) is 9.90 Å². The number of hydrogen-bond acceptors (Lipinski definition) is 4. The molecule has 0 aliphatic carbocycles. The van der Waals surface area contributed by atoms with Gasteiger partial charge >= 0.3 is 0 Å². The number of hydrogen-bond donors (Lipinski definition) is 1. The number of fused-ring (bicyclic) bond motifs is 1. The van der Waals surface area contributed by atoms with E-state index in [-0.39, 0.29) is 5.06 Å². The molecule has 0 bridgehead atoms. The smallest absolute Gasteiger partial charge is 0.183 e. The van der Waals surface area contributed by atoms with Crippen molar-refractivity contribution in [2.45, 2.75) is 4.90 Å². The molecule has 1 aromatic carbocycles. The molecule has 72 valence electrons. The van der Waals surface area contributed by atoms with Gasteiger partial charge in [-0.25, -0.2) is 0 Å². The molecule has 0 amide bonds. The second kappa shape index (κ2) is 3.63. The lowest BCUT2D eigenvalue weighted by atomic mass is 10.2. The van der Waals surface area contributed by atoms with Crippen molar-refractivity contribution in [2.24, 2.45) is 0 Å². The number of thiophene rings is 1. The zero-order valence-electron chi connectivity index (χ0n) is 7.48. The van der Waals surface area contributed by atoms with Crippen LogP contribution in [-0.4, -0.2) is 17.6 Å². The third-order valence-electron chi connectivity index (χ3n) is 2.03. The van der Waals surface area contributed by atoms with Gasteiger partial charge in [-0.05, 0) is 24.5 Å². The molecule has 1 heterocycles. The van der Waals surface area contributed by atoms with E-state index in [0.29, 0.717) is 11.8 Å². The standard InChI is InChI=1S/C10H8O2S2/c1-13-6-2-3-9-7(4-6)8(5-11)10(12)14-9/h2-5,12H,1H3. The lowest BCUT2D eigenvalue weighted by Crippen LogP contribution is -1.76. The molecule has 14 heavy (non-hydrogen) atoms. The van der Waals surface area contributed by atoms with Gasteiger partial charge in [0.25, 0.3) is 0 Å². The molecule has 0 aliphatic heterocycles. The summed E-state index contributed by atoms with van der Waals surface area (Å²) >= 11 is 2.86. The van der Waals surface area contributed by atoms with Gasteiger partial charge in [-0.15, -0.1) is 11.8 Å². The normalized spacial score (nSPS) is 10.6. The van der Waals surface area contributed by atoms with E-state index in [1.807, 2.05) is 24.5 Å². The molecular formula is C10H8O2S2. The number of aromatic hydroxyl groups is 1. The van der Waals surface area contributed by atoms with Crippen LogP contribution in [0.15, 0.2) is 23.1 Å². The predicted octanol–water partition coefficient (Wildman–Crippen LogP) is 3.14. The third kappa shape index (κ3) is 1.40. The first-order chi connectivity index (χ1) is 6.76. The molecule has 2 nitrogen and oxygen atoms in total. The summed E-state index contributed by atoms with van der Waals surface area (Å²) in [5.41, 5.74) is 0.404. The maximum atomic E-state index is 10.7. The highest BCUT2D eigenvalue weighted by atomic mass is 32.2. The fourth-order valence-corrected chi connectivity index (χ4v) is 2.65. The molecule has 0 aliphatic rings. The molecule has 0 fully saturated rings. The Bertz CT molecular complexity index is 488. The molecule has 2 rings (SSSR count). The van der Waals surface area contributed by atoms with Crippen LogP contribution in [0.5, 0.6) is 5.06 Å². The largest absolute Gasteiger partial charge is 0.499 e. The van der Waals surface area contributed by atoms with Crippen LogP contribution in [-0.2, 0) is 0 Å². The summed E-state index contributed by atoms with van der Waals surface area (Å²) in [6.45, 7) is 0. The number of carbonyl (C=O) groups excluding carboxylic acids is 1. The van der Waals surface area contributed by atoms with Crippen LogP contribution in [0.3, 0.4) is 0 Å². The zero-order valence-corrected chi connectivity index (χ0v) is 9.11. The molecule has 0 saturated carbocycles. The Morgan fingerprint density at radius 1 is 1.50 bits per heavy atom. The quantitative estimate of drug-likeness (QED) is 0.629. The molecule has 0 spiro atoms. The Labute approximate surface area is 89.6 Å². The Hall–Kier alpha value is -1.00. The summed E-state index contributed by atoms with van der Waals surface area (Å²) in [5, 5.41) is 10.4. The van der Waals surface area contributed by atoms with Crippen LogP contribution in [0.2, 0.25) is 0 Å². The minimum atomic E-state index is 0.105. The van der Waals surface area contributed by atoms with Crippen LogP contribution >= 0.6 is 23.1 Å². The minimum absolute atomic E-state index is 0.105. The second-order valence-corrected chi connectivity index (χ2v) is 4.71. The van der Waals surface area contributed by atoms with Crippen LogP contribution in [0.25, 0.3) is 10.1 Å². The van der Waals surface area contributed by atoms with Crippen molar-refractivity contribution in [1.82, 2.24) is 0 Å². The number of aldehydes is 1. The molecule has 2 aromatic rings. The van der Waals surface area contributed by atoms with Gasteiger partial charge in [0.15, 0.2) is 11.3 Å². The van der Waals surface area contributed by atoms with Crippen molar-refractivity contribution >= 4 is 39.5 Å².